The fourth-order valence-electron chi connectivity index (χ4n) is 1.46. The minimum atomic E-state index is -0.0398. The number of aliphatic hydroxyl groups is 1. The molecule has 1 amide bonds. The van der Waals surface area contributed by atoms with Gasteiger partial charge in [-0.25, -0.2) is 4.98 Å². The molecule has 1 rings (SSSR count). The van der Waals surface area contributed by atoms with Crippen molar-refractivity contribution in [1.29, 1.82) is 0 Å². The number of hydrogen-bond donors (Lipinski definition) is 2. The zero-order valence-electron chi connectivity index (χ0n) is 12.1. The lowest BCUT2D eigenvalue weighted by atomic mass is 9.92. The van der Waals surface area contributed by atoms with Crippen LogP contribution in [0.3, 0.4) is 0 Å². The summed E-state index contributed by atoms with van der Waals surface area (Å²) in [6.07, 6.45) is 2.58. The van der Waals surface area contributed by atoms with Gasteiger partial charge in [0.2, 0.25) is 5.91 Å². The van der Waals surface area contributed by atoms with Crippen LogP contribution in [-0.2, 0) is 18.4 Å². The van der Waals surface area contributed by atoms with Crippen molar-refractivity contribution >= 4 is 17.7 Å². The Morgan fingerprint density at radius 1 is 1.53 bits per heavy atom. The van der Waals surface area contributed by atoms with Crippen LogP contribution in [0.25, 0.3) is 0 Å². The van der Waals surface area contributed by atoms with Crippen molar-refractivity contribution in [3.8, 4) is 0 Å². The van der Waals surface area contributed by atoms with Crippen LogP contribution in [0, 0.1) is 5.41 Å². The smallest absolute Gasteiger partial charge is 0.230 e. The van der Waals surface area contributed by atoms with E-state index in [9.17, 15) is 4.79 Å². The van der Waals surface area contributed by atoms with E-state index in [-0.39, 0.29) is 17.9 Å². The number of rotatable bonds is 6. The van der Waals surface area contributed by atoms with Crippen LogP contribution >= 0.6 is 11.8 Å². The standard InChI is InChI=1S/C13H23N3O2S/c1-13(2,3)5-6-14-11(18)9-19-12-15-7-10(8-17)16(12)4/h7,17H,5-6,8-9H2,1-4H3,(H,14,18). The number of thioether (sulfide) groups is 1. The van der Waals surface area contributed by atoms with Crippen molar-refractivity contribution in [2.24, 2.45) is 12.5 Å². The fourth-order valence-corrected chi connectivity index (χ4v) is 2.27. The van der Waals surface area contributed by atoms with Crippen LogP contribution in [0.4, 0.5) is 0 Å². The van der Waals surface area contributed by atoms with Gasteiger partial charge in [0.15, 0.2) is 5.16 Å². The summed E-state index contributed by atoms with van der Waals surface area (Å²) in [5.74, 6) is 0.364. The lowest BCUT2D eigenvalue weighted by Gasteiger charge is -2.17. The Morgan fingerprint density at radius 2 is 2.21 bits per heavy atom. The molecule has 6 heteroatoms. The zero-order chi connectivity index (χ0) is 14.5. The second kappa shape index (κ2) is 6.96. The molecule has 0 saturated heterocycles. The highest BCUT2D eigenvalue weighted by molar-refractivity contribution is 7.99. The number of nitrogens with one attached hydrogen (secondary N) is 1. The first-order chi connectivity index (χ1) is 8.83. The highest BCUT2D eigenvalue weighted by Crippen LogP contribution is 2.18. The normalized spacial score (nSPS) is 11.6. The summed E-state index contributed by atoms with van der Waals surface area (Å²) in [6, 6.07) is 0. The second-order valence-electron chi connectivity index (χ2n) is 5.70. The number of carbonyl (C=O) groups is 1. The van der Waals surface area contributed by atoms with E-state index >= 15 is 0 Å². The largest absolute Gasteiger partial charge is 0.390 e. The SMILES string of the molecule is Cn1c(CO)cnc1SCC(=O)NCCC(C)(C)C. The number of carbonyl (C=O) groups excluding carboxylic acids is 1. The van der Waals surface area contributed by atoms with Crippen LogP contribution in [-0.4, -0.2) is 32.9 Å². The molecule has 0 aliphatic carbocycles. The van der Waals surface area contributed by atoms with Crippen LogP contribution in [0.1, 0.15) is 32.9 Å². The summed E-state index contributed by atoms with van der Waals surface area (Å²) >= 11 is 1.38. The molecule has 1 aromatic heterocycles. The van der Waals surface area contributed by atoms with E-state index in [0.29, 0.717) is 12.3 Å². The average molecular weight is 285 g/mol. The lowest BCUT2D eigenvalue weighted by Crippen LogP contribution is -2.28. The first-order valence-electron chi connectivity index (χ1n) is 6.34. The molecule has 108 valence electrons. The van der Waals surface area contributed by atoms with Crippen molar-refractivity contribution in [3.05, 3.63) is 11.9 Å². The van der Waals surface area contributed by atoms with Gasteiger partial charge in [-0.15, -0.1) is 0 Å². The predicted molar refractivity (Wildman–Crippen MR) is 76.9 cm³/mol. The number of nitrogens with zero attached hydrogens (tertiary/aromatic N) is 2. The van der Waals surface area contributed by atoms with Crippen LogP contribution in [0.2, 0.25) is 0 Å². The molecular weight excluding hydrogens is 262 g/mol. The highest BCUT2D eigenvalue weighted by Gasteiger charge is 2.12. The Morgan fingerprint density at radius 3 is 2.74 bits per heavy atom. The Balaban J connectivity index is 2.32. The fraction of sp³-hybridized carbons (Fsp3) is 0.692. The molecule has 0 aliphatic rings. The number of aliphatic hydroxyl groups excluding tert-OH is 1. The van der Waals surface area contributed by atoms with E-state index in [0.717, 1.165) is 17.3 Å². The van der Waals surface area contributed by atoms with Gasteiger partial charge >= 0.3 is 0 Å². The molecule has 0 saturated carbocycles. The van der Waals surface area contributed by atoms with E-state index < -0.39 is 0 Å². The minimum absolute atomic E-state index is 0.0165. The third-order valence-electron chi connectivity index (χ3n) is 2.73. The second-order valence-corrected chi connectivity index (χ2v) is 6.64. The molecule has 0 atom stereocenters. The van der Waals surface area contributed by atoms with Gasteiger partial charge in [-0.1, -0.05) is 32.5 Å². The molecule has 0 aliphatic heterocycles. The number of amides is 1. The Kier molecular flexibility index (Phi) is 5.87. The molecule has 5 nitrogen and oxygen atoms in total. The van der Waals surface area contributed by atoms with E-state index in [1.165, 1.54) is 11.8 Å². The van der Waals surface area contributed by atoms with Gasteiger partial charge in [0.1, 0.15) is 0 Å². The summed E-state index contributed by atoms with van der Waals surface area (Å²) in [5, 5.41) is 12.7. The monoisotopic (exact) mass is 285 g/mol. The molecule has 2 N–H and O–H groups in total. The van der Waals surface area contributed by atoms with Gasteiger partial charge in [0.05, 0.1) is 24.3 Å². The number of hydrogen-bond acceptors (Lipinski definition) is 4. The van der Waals surface area contributed by atoms with Gasteiger partial charge in [-0.2, -0.15) is 0 Å². The van der Waals surface area contributed by atoms with Crippen molar-refractivity contribution in [2.75, 3.05) is 12.3 Å². The quantitative estimate of drug-likeness (QED) is 0.778. The Bertz CT molecular complexity index is 424. The van der Waals surface area contributed by atoms with Crippen LogP contribution in [0.15, 0.2) is 11.4 Å². The molecule has 0 unspecified atom stereocenters. The topological polar surface area (TPSA) is 67.1 Å². The van der Waals surface area contributed by atoms with Gasteiger partial charge in [0.25, 0.3) is 0 Å². The van der Waals surface area contributed by atoms with Gasteiger partial charge < -0.3 is 15.0 Å². The van der Waals surface area contributed by atoms with Crippen molar-refractivity contribution in [3.63, 3.8) is 0 Å². The zero-order valence-corrected chi connectivity index (χ0v) is 12.9. The summed E-state index contributed by atoms with van der Waals surface area (Å²) < 4.78 is 1.80. The van der Waals surface area contributed by atoms with E-state index in [4.69, 9.17) is 5.11 Å². The van der Waals surface area contributed by atoms with Crippen LogP contribution < -0.4 is 5.32 Å². The molecule has 0 fully saturated rings. The molecule has 0 spiro atoms. The average Bonchev–Trinajstić information content (AvgIpc) is 2.65. The van der Waals surface area contributed by atoms with E-state index in [2.05, 4.69) is 31.1 Å². The predicted octanol–water partition coefficient (Wildman–Crippen LogP) is 1.56. The maximum Gasteiger partial charge on any atom is 0.230 e. The number of aromatic nitrogens is 2. The van der Waals surface area contributed by atoms with Crippen molar-refractivity contribution < 1.29 is 9.90 Å². The molecule has 19 heavy (non-hydrogen) atoms. The Labute approximate surface area is 118 Å². The van der Waals surface area contributed by atoms with Gasteiger partial charge in [-0.05, 0) is 11.8 Å². The van der Waals surface area contributed by atoms with Crippen molar-refractivity contribution in [1.82, 2.24) is 14.9 Å². The third-order valence-corrected chi connectivity index (χ3v) is 3.78. The summed E-state index contributed by atoms with van der Waals surface area (Å²) in [5.41, 5.74) is 0.978. The molecule has 0 aromatic carbocycles. The van der Waals surface area contributed by atoms with Crippen LogP contribution in [0.5, 0.6) is 0 Å². The lowest BCUT2D eigenvalue weighted by molar-refractivity contribution is -0.118. The molecule has 1 aromatic rings. The number of imidazole rings is 1. The van der Waals surface area contributed by atoms with Crippen molar-refractivity contribution in [2.45, 2.75) is 39.0 Å². The summed E-state index contributed by atoms with van der Waals surface area (Å²) in [4.78, 5) is 15.8. The maximum atomic E-state index is 11.7. The first kappa shape index (κ1) is 16.0. The highest BCUT2D eigenvalue weighted by atomic mass is 32.2. The maximum absolute atomic E-state index is 11.7. The molecular formula is C13H23N3O2S. The van der Waals surface area contributed by atoms with E-state index in [1.54, 1.807) is 10.8 Å². The van der Waals surface area contributed by atoms with Gasteiger partial charge in [0, 0.05) is 13.6 Å². The molecule has 0 radical (unpaired) electrons. The molecule has 1 heterocycles. The van der Waals surface area contributed by atoms with E-state index in [1.807, 2.05) is 7.05 Å². The summed E-state index contributed by atoms with van der Waals surface area (Å²) in [6.45, 7) is 7.11. The Hall–Kier alpha value is -1.01. The first-order valence-corrected chi connectivity index (χ1v) is 7.33. The molecule has 0 bridgehead atoms. The van der Waals surface area contributed by atoms with Gasteiger partial charge in [-0.3, -0.25) is 4.79 Å². The summed E-state index contributed by atoms with van der Waals surface area (Å²) in [7, 11) is 1.83. The third kappa shape index (κ3) is 5.65. The minimum Gasteiger partial charge on any atom is -0.390 e.